The van der Waals surface area contributed by atoms with E-state index in [2.05, 4.69) is 4.57 Å². The Labute approximate surface area is 107 Å². The van der Waals surface area contributed by atoms with Crippen molar-refractivity contribution in [3.63, 3.8) is 0 Å². The Morgan fingerprint density at radius 2 is 1.72 bits per heavy atom. The second-order valence-electron chi connectivity index (χ2n) is 4.19. The van der Waals surface area contributed by atoms with Crippen molar-refractivity contribution >= 4 is 5.97 Å². The molecule has 0 fully saturated rings. The van der Waals surface area contributed by atoms with Gasteiger partial charge in [-0.1, -0.05) is 12.1 Å². The van der Waals surface area contributed by atoms with Crippen molar-refractivity contribution in [2.75, 3.05) is 6.61 Å². The molecule has 0 aliphatic rings. The van der Waals surface area contributed by atoms with Gasteiger partial charge in [-0.15, -0.1) is 0 Å². The summed E-state index contributed by atoms with van der Waals surface area (Å²) in [4.78, 5) is 11.9. The van der Waals surface area contributed by atoms with E-state index < -0.39 is 0 Å². The molecular formula is C15H17NO2. The Morgan fingerprint density at radius 3 is 2.33 bits per heavy atom. The number of hydrogen-bond acceptors (Lipinski definition) is 2. The van der Waals surface area contributed by atoms with E-state index in [4.69, 9.17) is 4.74 Å². The average molecular weight is 243 g/mol. The van der Waals surface area contributed by atoms with Gasteiger partial charge in [0.15, 0.2) is 0 Å². The summed E-state index contributed by atoms with van der Waals surface area (Å²) < 4.78 is 7.16. The summed E-state index contributed by atoms with van der Waals surface area (Å²) in [6, 6.07) is 11.6. The van der Waals surface area contributed by atoms with Crippen LogP contribution in [0, 0.1) is 13.8 Å². The van der Waals surface area contributed by atoms with Crippen molar-refractivity contribution in [3.8, 4) is 5.69 Å². The molecule has 3 nitrogen and oxygen atoms in total. The van der Waals surface area contributed by atoms with Gasteiger partial charge < -0.3 is 9.30 Å². The Morgan fingerprint density at radius 1 is 1.11 bits per heavy atom. The molecule has 3 heteroatoms. The molecule has 0 N–H and O–H groups in total. The summed E-state index contributed by atoms with van der Waals surface area (Å²) in [5.74, 6) is -0.277. The normalized spacial score (nSPS) is 10.4. The van der Waals surface area contributed by atoms with Crippen molar-refractivity contribution < 1.29 is 9.53 Å². The smallest absolute Gasteiger partial charge is 0.340 e. The monoisotopic (exact) mass is 243 g/mol. The maximum Gasteiger partial charge on any atom is 0.340 e. The van der Waals surface area contributed by atoms with Gasteiger partial charge >= 0.3 is 5.97 Å². The molecule has 0 unspecified atom stereocenters. The number of rotatable bonds is 3. The van der Waals surface area contributed by atoms with E-state index in [-0.39, 0.29) is 5.97 Å². The fourth-order valence-electron chi connectivity index (χ4n) is 2.10. The lowest BCUT2D eigenvalue weighted by Crippen LogP contribution is -2.10. The molecule has 2 rings (SSSR count). The van der Waals surface area contributed by atoms with Gasteiger partial charge in [-0.3, -0.25) is 0 Å². The van der Waals surface area contributed by atoms with E-state index in [1.54, 1.807) is 6.07 Å². The van der Waals surface area contributed by atoms with Gasteiger partial charge in [-0.25, -0.2) is 4.79 Å². The minimum atomic E-state index is -0.277. The summed E-state index contributed by atoms with van der Waals surface area (Å²) in [5, 5.41) is 0. The highest BCUT2D eigenvalue weighted by molar-refractivity contribution is 5.93. The number of ether oxygens (including phenoxy) is 1. The van der Waals surface area contributed by atoms with Crippen LogP contribution in [0.3, 0.4) is 0 Å². The lowest BCUT2D eigenvalue weighted by atomic mass is 10.1. The van der Waals surface area contributed by atoms with Crippen LogP contribution in [0.2, 0.25) is 0 Å². The maximum atomic E-state index is 11.9. The molecule has 0 saturated carbocycles. The van der Waals surface area contributed by atoms with Gasteiger partial charge in [0.2, 0.25) is 0 Å². The van der Waals surface area contributed by atoms with Crippen LogP contribution in [0.1, 0.15) is 28.7 Å². The summed E-state index contributed by atoms with van der Waals surface area (Å²) in [7, 11) is 0. The van der Waals surface area contributed by atoms with Crippen LogP contribution >= 0.6 is 0 Å². The van der Waals surface area contributed by atoms with E-state index in [1.807, 2.05) is 51.1 Å². The molecule has 18 heavy (non-hydrogen) atoms. The van der Waals surface area contributed by atoms with Gasteiger partial charge in [0.05, 0.1) is 17.9 Å². The predicted molar refractivity (Wildman–Crippen MR) is 71.2 cm³/mol. The molecule has 0 amide bonds. The molecule has 1 aromatic heterocycles. The number of hydrogen-bond donors (Lipinski definition) is 0. The van der Waals surface area contributed by atoms with E-state index in [9.17, 15) is 4.79 Å². The number of carbonyl (C=O) groups is 1. The van der Waals surface area contributed by atoms with Gasteiger partial charge in [-0.05, 0) is 45.0 Å². The van der Waals surface area contributed by atoms with Crippen LogP contribution in [0.4, 0.5) is 0 Å². The Kier molecular flexibility index (Phi) is 3.51. The highest BCUT2D eigenvalue weighted by atomic mass is 16.5. The number of para-hydroxylation sites is 1. The van der Waals surface area contributed by atoms with Crippen LogP contribution in [0.15, 0.2) is 36.4 Å². The molecule has 2 aromatic rings. The van der Waals surface area contributed by atoms with Crippen molar-refractivity contribution in [1.29, 1.82) is 0 Å². The molecule has 0 bridgehead atoms. The SMILES string of the molecule is CCOC(=O)c1ccccc1-n1c(C)ccc1C. The van der Waals surface area contributed by atoms with Crippen LogP contribution < -0.4 is 0 Å². The van der Waals surface area contributed by atoms with E-state index >= 15 is 0 Å². The summed E-state index contributed by atoms with van der Waals surface area (Å²) >= 11 is 0. The van der Waals surface area contributed by atoms with E-state index in [0.29, 0.717) is 12.2 Å². The number of esters is 1. The quantitative estimate of drug-likeness (QED) is 0.775. The zero-order chi connectivity index (χ0) is 13.1. The second-order valence-corrected chi connectivity index (χ2v) is 4.19. The Hall–Kier alpha value is -2.03. The lowest BCUT2D eigenvalue weighted by molar-refractivity contribution is 0.0526. The fourth-order valence-corrected chi connectivity index (χ4v) is 2.10. The molecule has 1 aromatic carbocycles. The zero-order valence-electron chi connectivity index (χ0n) is 10.9. The molecule has 0 atom stereocenters. The maximum absolute atomic E-state index is 11.9. The highest BCUT2D eigenvalue weighted by Gasteiger charge is 2.15. The number of aryl methyl sites for hydroxylation is 2. The molecule has 0 aliphatic heterocycles. The molecule has 0 radical (unpaired) electrons. The minimum absolute atomic E-state index is 0.277. The zero-order valence-corrected chi connectivity index (χ0v) is 10.9. The first kappa shape index (κ1) is 12.4. The summed E-state index contributed by atoms with van der Waals surface area (Å²) in [6.45, 7) is 6.24. The number of aromatic nitrogens is 1. The van der Waals surface area contributed by atoms with Crippen molar-refractivity contribution in [1.82, 2.24) is 4.57 Å². The minimum Gasteiger partial charge on any atom is -0.462 e. The van der Waals surface area contributed by atoms with Crippen LogP contribution in [-0.2, 0) is 4.74 Å². The van der Waals surface area contributed by atoms with Crippen LogP contribution in [0.5, 0.6) is 0 Å². The predicted octanol–water partition coefficient (Wildman–Crippen LogP) is 3.27. The molecule has 0 aliphatic carbocycles. The van der Waals surface area contributed by atoms with Crippen molar-refractivity contribution in [2.45, 2.75) is 20.8 Å². The van der Waals surface area contributed by atoms with Gasteiger partial charge in [0.25, 0.3) is 0 Å². The third-order valence-corrected chi connectivity index (χ3v) is 2.91. The van der Waals surface area contributed by atoms with Gasteiger partial charge in [0.1, 0.15) is 0 Å². The number of carbonyl (C=O) groups excluding carboxylic acids is 1. The van der Waals surface area contributed by atoms with E-state index in [0.717, 1.165) is 17.1 Å². The number of nitrogens with zero attached hydrogens (tertiary/aromatic N) is 1. The lowest BCUT2D eigenvalue weighted by Gasteiger charge is -2.13. The Balaban J connectivity index is 2.55. The fraction of sp³-hybridized carbons (Fsp3) is 0.267. The first-order chi connectivity index (χ1) is 8.65. The van der Waals surface area contributed by atoms with Crippen molar-refractivity contribution in [2.24, 2.45) is 0 Å². The van der Waals surface area contributed by atoms with Crippen LogP contribution in [-0.4, -0.2) is 17.1 Å². The first-order valence-corrected chi connectivity index (χ1v) is 6.06. The highest BCUT2D eigenvalue weighted by Crippen LogP contribution is 2.20. The van der Waals surface area contributed by atoms with E-state index in [1.165, 1.54) is 0 Å². The average Bonchev–Trinajstić information content (AvgIpc) is 2.69. The third kappa shape index (κ3) is 2.16. The molecule has 0 saturated heterocycles. The molecule has 0 spiro atoms. The van der Waals surface area contributed by atoms with Gasteiger partial charge in [-0.2, -0.15) is 0 Å². The second kappa shape index (κ2) is 5.08. The largest absolute Gasteiger partial charge is 0.462 e. The van der Waals surface area contributed by atoms with Gasteiger partial charge in [0, 0.05) is 11.4 Å². The summed E-state index contributed by atoms with van der Waals surface area (Å²) in [6.07, 6.45) is 0. The molecule has 94 valence electrons. The molecular weight excluding hydrogens is 226 g/mol. The van der Waals surface area contributed by atoms with Crippen LogP contribution in [0.25, 0.3) is 5.69 Å². The molecule has 1 heterocycles. The number of benzene rings is 1. The first-order valence-electron chi connectivity index (χ1n) is 6.06. The topological polar surface area (TPSA) is 31.2 Å². The Bertz CT molecular complexity index is 550. The third-order valence-electron chi connectivity index (χ3n) is 2.91. The van der Waals surface area contributed by atoms with Crippen molar-refractivity contribution in [3.05, 3.63) is 53.3 Å². The standard InChI is InChI=1S/C15H17NO2/c1-4-18-15(17)13-7-5-6-8-14(13)16-11(2)9-10-12(16)3/h5-10H,4H2,1-3H3. The summed E-state index contributed by atoms with van der Waals surface area (Å²) in [5.41, 5.74) is 3.67.